The van der Waals surface area contributed by atoms with Gasteiger partial charge in [0.25, 0.3) is 5.56 Å². The van der Waals surface area contributed by atoms with Crippen molar-refractivity contribution in [2.24, 2.45) is 0 Å². The SMILES string of the molecule is CCn1c(SCc2nc3ccccc3c(=O)[nH]2)nnc1N1CCOCC1. The van der Waals surface area contributed by atoms with Crippen LogP contribution in [0.15, 0.2) is 34.2 Å². The Morgan fingerprint density at radius 2 is 2.04 bits per heavy atom. The molecule has 3 heterocycles. The Morgan fingerprint density at radius 3 is 2.85 bits per heavy atom. The van der Waals surface area contributed by atoms with Crippen molar-refractivity contribution >= 4 is 28.6 Å². The summed E-state index contributed by atoms with van der Waals surface area (Å²) < 4.78 is 7.50. The molecule has 2 aromatic heterocycles. The number of hydrogen-bond acceptors (Lipinski definition) is 7. The maximum atomic E-state index is 12.2. The first-order valence-corrected chi connectivity index (χ1v) is 9.61. The highest BCUT2D eigenvalue weighted by Crippen LogP contribution is 2.24. The van der Waals surface area contributed by atoms with Gasteiger partial charge in [0.1, 0.15) is 5.82 Å². The molecular weight excluding hydrogens is 352 g/mol. The van der Waals surface area contributed by atoms with Crippen molar-refractivity contribution in [3.05, 3.63) is 40.4 Å². The number of H-pyrrole nitrogens is 1. The van der Waals surface area contributed by atoms with Crippen molar-refractivity contribution in [2.45, 2.75) is 24.4 Å². The molecule has 0 aliphatic carbocycles. The van der Waals surface area contributed by atoms with E-state index in [2.05, 4.69) is 36.6 Å². The van der Waals surface area contributed by atoms with Gasteiger partial charge in [-0.2, -0.15) is 0 Å². The van der Waals surface area contributed by atoms with Crippen molar-refractivity contribution < 1.29 is 4.74 Å². The molecule has 0 radical (unpaired) electrons. The Labute approximate surface area is 154 Å². The Kier molecular flexibility index (Phi) is 4.89. The first-order valence-electron chi connectivity index (χ1n) is 8.63. The van der Waals surface area contributed by atoms with Crippen LogP contribution < -0.4 is 10.5 Å². The zero-order valence-corrected chi connectivity index (χ0v) is 15.3. The van der Waals surface area contributed by atoms with E-state index in [9.17, 15) is 4.79 Å². The van der Waals surface area contributed by atoms with E-state index in [0.29, 0.717) is 35.7 Å². The topological polar surface area (TPSA) is 88.9 Å². The van der Waals surface area contributed by atoms with Crippen LogP contribution in [0.5, 0.6) is 0 Å². The summed E-state index contributed by atoms with van der Waals surface area (Å²) in [7, 11) is 0. The van der Waals surface area contributed by atoms with Crippen molar-refractivity contribution in [1.29, 1.82) is 0 Å². The first-order chi connectivity index (χ1) is 12.8. The standard InChI is InChI=1S/C17H20N6O2S/c1-2-23-16(22-7-9-25-10-8-22)20-21-17(23)26-11-14-18-13-6-4-3-5-12(13)15(24)19-14/h3-6H,2,7-11H2,1H3,(H,18,19,24). The lowest BCUT2D eigenvalue weighted by molar-refractivity contribution is 0.121. The molecule has 1 aliphatic rings. The van der Waals surface area contributed by atoms with Crippen molar-refractivity contribution in [1.82, 2.24) is 24.7 Å². The third-order valence-electron chi connectivity index (χ3n) is 4.31. The number of para-hydroxylation sites is 1. The molecule has 0 atom stereocenters. The first kappa shape index (κ1) is 17.0. The van der Waals surface area contributed by atoms with Gasteiger partial charge in [-0.05, 0) is 19.1 Å². The summed E-state index contributed by atoms with van der Waals surface area (Å²) >= 11 is 1.53. The van der Waals surface area contributed by atoms with Crippen molar-refractivity contribution in [3.63, 3.8) is 0 Å². The van der Waals surface area contributed by atoms with E-state index >= 15 is 0 Å². The number of benzene rings is 1. The van der Waals surface area contributed by atoms with E-state index in [1.807, 2.05) is 18.2 Å². The molecule has 1 aliphatic heterocycles. The second-order valence-electron chi connectivity index (χ2n) is 5.94. The van der Waals surface area contributed by atoms with E-state index in [0.717, 1.165) is 30.7 Å². The summed E-state index contributed by atoms with van der Waals surface area (Å²) in [4.78, 5) is 21.8. The zero-order chi connectivity index (χ0) is 17.9. The van der Waals surface area contributed by atoms with E-state index in [-0.39, 0.29) is 5.56 Å². The minimum absolute atomic E-state index is 0.114. The fraction of sp³-hybridized carbons (Fsp3) is 0.412. The van der Waals surface area contributed by atoms with E-state index < -0.39 is 0 Å². The molecule has 0 bridgehead atoms. The van der Waals surface area contributed by atoms with Gasteiger partial charge in [-0.1, -0.05) is 23.9 Å². The summed E-state index contributed by atoms with van der Waals surface area (Å²) in [6, 6.07) is 7.35. The highest BCUT2D eigenvalue weighted by Gasteiger charge is 2.20. The van der Waals surface area contributed by atoms with E-state index in [1.165, 1.54) is 11.8 Å². The average Bonchev–Trinajstić information content (AvgIpc) is 3.10. The predicted molar refractivity (Wildman–Crippen MR) is 101 cm³/mol. The van der Waals surface area contributed by atoms with Gasteiger partial charge in [-0.25, -0.2) is 4.98 Å². The van der Waals surface area contributed by atoms with Crippen LogP contribution in [0.25, 0.3) is 10.9 Å². The average molecular weight is 372 g/mol. The Morgan fingerprint density at radius 1 is 1.23 bits per heavy atom. The number of aromatic amines is 1. The van der Waals surface area contributed by atoms with E-state index in [4.69, 9.17) is 4.74 Å². The molecule has 0 amide bonds. The summed E-state index contributed by atoms with van der Waals surface area (Å²) in [5, 5.41) is 10.1. The summed E-state index contributed by atoms with van der Waals surface area (Å²) in [5.41, 5.74) is 0.593. The lowest BCUT2D eigenvalue weighted by atomic mass is 10.2. The lowest BCUT2D eigenvalue weighted by Crippen LogP contribution is -2.38. The smallest absolute Gasteiger partial charge is 0.258 e. The largest absolute Gasteiger partial charge is 0.378 e. The van der Waals surface area contributed by atoms with Gasteiger partial charge < -0.3 is 14.6 Å². The van der Waals surface area contributed by atoms with E-state index in [1.54, 1.807) is 6.07 Å². The molecule has 0 unspecified atom stereocenters. The van der Waals surface area contributed by atoms with Crippen LogP contribution in [-0.2, 0) is 17.0 Å². The predicted octanol–water partition coefficient (Wildman–Crippen LogP) is 1.66. The van der Waals surface area contributed by atoms with Crippen LogP contribution in [0.3, 0.4) is 0 Å². The number of thioether (sulfide) groups is 1. The number of fused-ring (bicyclic) bond motifs is 1. The quantitative estimate of drug-likeness (QED) is 0.681. The van der Waals surface area contributed by atoms with Gasteiger partial charge in [-0.3, -0.25) is 9.36 Å². The normalized spacial score (nSPS) is 14.9. The second-order valence-corrected chi connectivity index (χ2v) is 6.89. The van der Waals surface area contributed by atoms with Crippen LogP contribution in [0, 0.1) is 0 Å². The number of nitrogens with zero attached hydrogens (tertiary/aromatic N) is 5. The van der Waals surface area contributed by atoms with Crippen LogP contribution >= 0.6 is 11.8 Å². The number of anilines is 1. The molecule has 0 saturated carbocycles. The third kappa shape index (κ3) is 3.32. The fourth-order valence-electron chi connectivity index (χ4n) is 3.00. The molecule has 4 rings (SSSR count). The number of ether oxygens (including phenoxy) is 1. The Balaban J connectivity index is 1.54. The molecule has 136 valence electrons. The zero-order valence-electron chi connectivity index (χ0n) is 14.5. The number of nitrogens with one attached hydrogen (secondary N) is 1. The van der Waals surface area contributed by atoms with Gasteiger partial charge in [0.2, 0.25) is 5.95 Å². The minimum atomic E-state index is -0.114. The summed E-state index contributed by atoms with van der Waals surface area (Å²) in [6.45, 7) is 5.92. The van der Waals surface area contributed by atoms with Crippen LogP contribution in [0.1, 0.15) is 12.7 Å². The molecule has 8 nitrogen and oxygen atoms in total. The van der Waals surface area contributed by atoms with Crippen LogP contribution in [0.2, 0.25) is 0 Å². The maximum absolute atomic E-state index is 12.2. The monoisotopic (exact) mass is 372 g/mol. The molecule has 9 heteroatoms. The third-order valence-corrected chi connectivity index (χ3v) is 5.29. The highest BCUT2D eigenvalue weighted by atomic mass is 32.2. The summed E-state index contributed by atoms with van der Waals surface area (Å²) in [5.74, 6) is 2.04. The number of morpholine rings is 1. The molecule has 1 aromatic carbocycles. The number of rotatable bonds is 5. The summed E-state index contributed by atoms with van der Waals surface area (Å²) in [6.07, 6.45) is 0. The molecule has 1 fully saturated rings. The Bertz CT molecular complexity index is 963. The molecular formula is C17H20N6O2S. The minimum Gasteiger partial charge on any atom is -0.378 e. The molecule has 1 saturated heterocycles. The van der Waals surface area contributed by atoms with Crippen LogP contribution in [0.4, 0.5) is 5.95 Å². The second kappa shape index (κ2) is 7.46. The van der Waals surface area contributed by atoms with Gasteiger partial charge in [0.15, 0.2) is 5.16 Å². The van der Waals surface area contributed by atoms with Gasteiger partial charge >= 0.3 is 0 Å². The molecule has 0 spiro atoms. The molecule has 3 aromatic rings. The van der Waals surface area contributed by atoms with Gasteiger partial charge in [-0.15, -0.1) is 10.2 Å². The van der Waals surface area contributed by atoms with Crippen molar-refractivity contribution in [3.8, 4) is 0 Å². The maximum Gasteiger partial charge on any atom is 0.258 e. The fourth-order valence-corrected chi connectivity index (χ4v) is 3.87. The highest BCUT2D eigenvalue weighted by molar-refractivity contribution is 7.98. The number of hydrogen-bond donors (Lipinski definition) is 1. The number of aromatic nitrogens is 5. The molecule has 26 heavy (non-hydrogen) atoms. The van der Waals surface area contributed by atoms with Crippen molar-refractivity contribution in [2.75, 3.05) is 31.2 Å². The van der Waals surface area contributed by atoms with Crippen LogP contribution in [-0.4, -0.2) is 51.0 Å². The molecule has 1 N–H and O–H groups in total. The Hall–Kier alpha value is -2.39. The van der Waals surface area contributed by atoms with Gasteiger partial charge in [0.05, 0.1) is 29.9 Å². The lowest BCUT2D eigenvalue weighted by Gasteiger charge is -2.27. The van der Waals surface area contributed by atoms with Gasteiger partial charge in [0, 0.05) is 19.6 Å².